The highest BCUT2D eigenvalue weighted by Gasteiger charge is 2.35. The van der Waals surface area contributed by atoms with Crippen molar-refractivity contribution in [2.45, 2.75) is 19.3 Å². The van der Waals surface area contributed by atoms with Crippen molar-refractivity contribution in [3.8, 4) is 56.3 Å². The number of nitrogens with zero attached hydrogens (tertiary/aromatic N) is 3. The van der Waals surface area contributed by atoms with Gasteiger partial charge in [-0.05, 0) is 64.7 Å². The molecule has 54 heavy (non-hydrogen) atoms. The molecule has 0 unspecified atom stereocenters. The lowest BCUT2D eigenvalue weighted by atomic mass is 9.82. The molecule has 0 spiro atoms. The van der Waals surface area contributed by atoms with Crippen LogP contribution in [-0.2, 0) is 5.41 Å². The Morgan fingerprint density at radius 1 is 0.444 bits per heavy atom. The smallest absolute Gasteiger partial charge is 0.160 e. The molecule has 0 N–H and O–H groups in total. The van der Waals surface area contributed by atoms with Crippen LogP contribution in [0.15, 0.2) is 168 Å². The molecule has 0 aliphatic heterocycles. The standard InChI is InChI=1S/C50H33N3O/c1-50(2)40-19-11-9-17-34(40)38-27-32(21-25-41(38)50)44-29-43(30-13-5-3-6-14-30)52-49(53-44)33-22-26-45-39(28-33)35-23-24-37-46(48(35)54-45)36-18-10-12-20-42(36)51-47(37)31-15-7-4-8-16-31/h3-29H,1-2H3. The normalized spacial score (nSPS) is 13.1. The number of pyridine rings is 1. The molecule has 0 saturated carbocycles. The second-order valence-corrected chi connectivity index (χ2v) is 14.8. The Labute approximate surface area is 312 Å². The van der Waals surface area contributed by atoms with Gasteiger partial charge in [0.25, 0.3) is 0 Å². The minimum Gasteiger partial charge on any atom is -0.455 e. The number of para-hydroxylation sites is 1. The van der Waals surface area contributed by atoms with Crippen molar-refractivity contribution in [3.05, 3.63) is 175 Å². The molecule has 11 rings (SSSR count). The number of hydrogen-bond acceptors (Lipinski definition) is 4. The highest BCUT2D eigenvalue weighted by molar-refractivity contribution is 6.24. The molecule has 0 bridgehead atoms. The van der Waals surface area contributed by atoms with Gasteiger partial charge in [0, 0.05) is 54.6 Å². The van der Waals surface area contributed by atoms with Crippen LogP contribution in [0.2, 0.25) is 0 Å². The minimum atomic E-state index is -0.0590. The van der Waals surface area contributed by atoms with Crippen LogP contribution >= 0.6 is 0 Å². The summed E-state index contributed by atoms with van der Waals surface area (Å²) >= 11 is 0. The zero-order valence-electron chi connectivity index (χ0n) is 29.8. The topological polar surface area (TPSA) is 51.8 Å². The van der Waals surface area contributed by atoms with Gasteiger partial charge in [-0.1, -0.05) is 135 Å². The van der Waals surface area contributed by atoms with Crippen LogP contribution in [0.25, 0.3) is 99.9 Å². The molecule has 7 aromatic carbocycles. The van der Waals surface area contributed by atoms with Gasteiger partial charge in [-0.15, -0.1) is 0 Å². The van der Waals surface area contributed by atoms with Crippen LogP contribution < -0.4 is 0 Å². The summed E-state index contributed by atoms with van der Waals surface area (Å²) < 4.78 is 6.76. The maximum atomic E-state index is 6.76. The Kier molecular flexibility index (Phi) is 6.56. The molecule has 1 aliphatic carbocycles. The van der Waals surface area contributed by atoms with Crippen LogP contribution in [0.5, 0.6) is 0 Å². The quantitative estimate of drug-likeness (QED) is 0.172. The fraction of sp³-hybridized carbons (Fsp3) is 0.0600. The molecule has 4 nitrogen and oxygen atoms in total. The third-order valence-electron chi connectivity index (χ3n) is 11.3. The number of furan rings is 1. The molecule has 0 saturated heterocycles. The van der Waals surface area contributed by atoms with E-state index in [1.807, 2.05) is 18.2 Å². The van der Waals surface area contributed by atoms with E-state index in [0.29, 0.717) is 5.82 Å². The average Bonchev–Trinajstić information content (AvgIpc) is 3.72. The highest BCUT2D eigenvalue weighted by atomic mass is 16.3. The molecule has 4 heteroatoms. The first kappa shape index (κ1) is 30.7. The second kappa shape index (κ2) is 11.5. The lowest BCUT2D eigenvalue weighted by molar-refractivity contribution is 0.660. The van der Waals surface area contributed by atoms with Gasteiger partial charge in [0.05, 0.1) is 22.6 Å². The SMILES string of the molecule is CC1(C)c2ccccc2-c2cc(-c3cc(-c4ccccc4)nc(-c4ccc5oc6c(ccc7c(-c8ccccc8)nc8ccccc8c76)c5c4)n3)ccc21. The molecule has 0 radical (unpaired) electrons. The molecule has 0 atom stereocenters. The van der Waals surface area contributed by atoms with Crippen molar-refractivity contribution in [2.24, 2.45) is 0 Å². The van der Waals surface area contributed by atoms with Crippen LogP contribution in [0.1, 0.15) is 25.0 Å². The molecule has 10 aromatic rings. The monoisotopic (exact) mass is 691 g/mol. The van der Waals surface area contributed by atoms with Gasteiger partial charge >= 0.3 is 0 Å². The van der Waals surface area contributed by atoms with Gasteiger partial charge in [-0.25, -0.2) is 15.0 Å². The lowest BCUT2D eigenvalue weighted by Crippen LogP contribution is -2.14. The zero-order valence-corrected chi connectivity index (χ0v) is 29.8. The summed E-state index contributed by atoms with van der Waals surface area (Å²) in [5.74, 6) is 0.672. The molecular formula is C50H33N3O. The Hall–Kier alpha value is -6.91. The fourth-order valence-corrected chi connectivity index (χ4v) is 8.58. The summed E-state index contributed by atoms with van der Waals surface area (Å²) in [7, 11) is 0. The fourth-order valence-electron chi connectivity index (χ4n) is 8.58. The van der Waals surface area contributed by atoms with Crippen LogP contribution in [0.4, 0.5) is 0 Å². The molecule has 0 fully saturated rings. The maximum Gasteiger partial charge on any atom is 0.160 e. The molecule has 1 aliphatic rings. The van der Waals surface area contributed by atoms with E-state index in [4.69, 9.17) is 19.4 Å². The van der Waals surface area contributed by atoms with E-state index in [2.05, 4.69) is 159 Å². The third-order valence-corrected chi connectivity index (χ3v) is 11.3. The minimum absolute atomic E-state index is 0.0590. The van der Waals surface area contributed by atoms with E-state index in [1.165, 1.54) is 22.3 Å². The molecule has 0 amide bonds. The maximum absolute atomic E-state index is 6.76. The average molecular weight is 692 g/mol. The van der Waals surface area contributed by atoms with Crippen molar-refractivity contribution in [3.63, 3.8) is 0 Å². The van der Waals surface area contributed by atoms with E-state index in [-0.39, 0.29) is 5.41 Å². The number of hydrogen-bond donors (Lipinski definition) is 0. The number of fused-ring (bicyclic) bond motifs is 10. The molecule has 3 aromatic heterocycles. The van der Waals surface area contributed by atoms with Crippen molar-refractivity contribution < 1.29 is 4.42 Å². The van der Waals surface area contributed by atoms with E-state index < -0.39 is 0 Å². The third kappa shape index (κ3) is 4.60. The summed E-state index contributed by atoms with van der Waals surface area (Å²) in [5, 5.41) is 5.28. The number of benzene rings is 7. The Morgan fingerprint density at radius 2 is 1.11 bits per heavy atom. The summed E-state index contributed by atoms with van der Waals surface area (Å²) in [6.07, 6.45) is 0. The summed E-state index contributed by atoms with van der Waals surface area (Å²) in [6.45, 7) is 4.63. The Morgan fingerprint density at radius 3 is 1.94 bits per heavy atom. The van der Waals surface area contributed by atoms with Crippen molar-refractivity contribution in [2.75, 3.05) is 0 Å². The number of aromatic nitrogens is 3. The largest absolute Gasteiger partial charge is 0.455 e. The lowest BCUT2D eigenvalue weighted by Gasteiger charge is -2.21. The van der Waals surface area contributed by atoms with Gasteiger partial charge < -0.3 is 4.42 Å². The van der Waals surface area contributed by atoms with E-state index in [9.17, 15) is 0 Å². The second-order valence-electron chi connectivity index (χ2n) is 14.8. The first-order valence-electron chi connectivity index (χ1n) is 18.4. The Bertz CT molecular complexity index is 3120. The Balaban J connectivity index is 1.11. The van der Waals surface area contributed by atoms with E-state index >= 15 is 0 Å². The van der Waals surface area contributed by atoms with Gasteiger partial charge in [0.15, 0.2) is 5.82 Å². The van der Waals surface area contributed by atoms with Crippen molar-refractivity contribution in [1.29, 1.82) is 0 Å². The summed E-state index contributed by atoms with van der Waals surface area (Å²) in [4.78, 5) is 15.6. The van der Waals surface area contributed by atoms with Crippen LogP contribution in [0.3, 0.4) is 0 Å². The first-order valence-corrected chi connectivity index (χ1v) is 18.4. The molecular weight excluding hydrogens is 659 g/mol. The zero-order chi connectivity index (χ0) is 36.0. The molecule has 254 valence electrons. The van der Waals surface area contributed by atoms with Crippen molar-refractivity contribution >= 4 is 43.6 Å². The first-order chi connectivity index (χ1) is 26.5. The van der Waals surface area contributed by atoms with Gasteiger partial charge in [-0.3, -0.25) is 0 Å². The van der Waals surface area contributed by atoms with Gasteiger partial charge in [0.1, 0.15) is 11.2 Å². The predicted molar refractivity (Wildman–Crippen MR) is 221 cm³/mol. The summed E-state index contributed by atoms with van der Waals surface area (Å²) in [5.41, 5.74) is 14.7. The van der Waals surface area contributed by atoms with Gasteiger partial charge in [0.2, 0.25) is 0 Å². The van der Waals surface area contributed by atoms with E-state index in [1.54, 1.807) is 0 Å². The van der Waals surface area contributed by atoms with Crippen LogP contribution in [-0.4, -0.2) is 15.0 Å². The van der Waals surface area contributed by atoms with E-state index in [0.717, 1.165) is 82.9 Å². The molecule has 3 heterocycles. The van der Waals surface area contributed by atoms with Gasteiger partial charge in [-0.2, -0.15) is 0 Å². The highest BCUT2D eigenvalue weighted by Crippen LogP contribution is 2.49. The van der Waals surface area contributed by atoms with Crippen LogP contribution in [0, 0.1) is 0 Å². The number of rotatable bonds is 4. The summed E-state index contributed by atoms with van der Waals surface area (Å²) in [6, 6.07) is 57.5. The predicted octanol–water partition coefficient (Wildman–Crippen LogP) is 13.1. The van der Waals surface area contributed by atoms with Crippen molar-refractivity contribution in [1.82, 2.24) is 15.0 Å².